The lowest BCUT2D eigenvalue weighted by molar-refractivity contribution is 0.0991. The standard InChI is InChI=1S/C18H27N3/c1-2-5-16(15(4-1)12-19-17-7-8-17)13-20-10-11-21-9-3-6-18(21)14-20/h1-2,4-5,17-19H,3,6-14H2. The van der Waals surface area contributed by atoms with E-state index in [0.717, 1.165) is 25.2 Å². The quantitative estimate of drug-likeness (QED) is 0.895. The maximum atomic E-state index is 3.66. The van der Waals surface area contributed by atoms with Crippen LogP contribution >= 0.6 is 0 Å². The van der Waals surface area contributed by atoms with Crippen LogP contribution in [0.4, 0.5) is 0 Å². The molecule has 2 saturated heterocycles. The van der Waals surface area contributed by atoms with Crippen molar-refractivity contribution in [2.24, 2.45) is 0 Å². The maximum Gasteiger partial charge on any atom is 0.0238 e. The van der Waals surface area contributed by atoms with E-state index in [1.54, 1.807) is 0 Å². The SMILES string of the molecule is c1ccc(CN2CCN3CCCC3C2)c(CNC2CC2)c1. The molecular formula is C18H27N3. The zero-order chi connectivity index (χ0) is 14.1. The number of nitrogens with zero attached hydrogens (tertiary/aromatic N) is 2. The number of hydrogen-bond acceptors (Lipinski definition) is 3. The fourth-order valence-electron chi connectivity index (χ4n) is 3.87. The average Bonchev–Trinajstić information content (AvgIpc) is 3.22. The van der Waals surface area contributed by atoms with Crippen LogP contribution in [0.2, 0.25) is 0 Å². The third kappa shape index (κ3) is 3.31. The Morgan fingerprint density at radius 2 is 1.86 bits per heavy atom. The van der Waals surface area contributed by atoms with E-state index < -0.39 is 0 Å². The molecule has 0 bridgehead atoms. The first-order valence-electron chi connectivity index (χ1n) is 8.65. The molecule has 1 atom stereocenters. The summed E-state index contributed by atoms with van der Waals surface area (Å²) in [7, 11) is 0. The Labute approximate surface area is 128 Å². The Kier molecular flexibility index (Phi) is 3.97. The summed E-state index contributed by atoms with van der Waals surface area (Å²) in [5.41, 5.74) is 3.02. The first-order chi connectivity index (χ1) is 10.4. The van der Waals surface area contributed by atoms with Crippen LogP contribution in [0.3, 0.4) is 0 Å². The van der Waals surface area contributed by atoms with Gasteiger partial charge in [0.1, 0.15) is 0 Å². The predicted octanol–water partition coefficient (Wildman–Crippen LogP) is 2.22. The van der Waals surface area contributed by atoms with E-state index in [4.69, 9.17) is 0 Å². The maximum absolute atomic E-state index is 3.66. The molecule has 1 aliphatic carbocycles. The molecule has 3 aliphatic rings. The number of rotatable bonds is 5. The van der Waals surface area contributed by atoms with E-state index >= 15 is 0 Å². The lowest BCUT2D eigenvalue weighted by atomic mass is 10.1. The van der Waals surface area contributed by atoms with Crippen molar-refractivity contribution in [3.63, 3.8) is 0 Å². The van der Waals surface area contributed by atoms with Gasteiger partial charge in [-0.2, -0.15) is 0 Å². The molecule has 1 unspecified atom stereocenters. The normalized spacial score (nSPS) is 27.0. The van der Waals surface area contributed by atoms with E-state index in [1.165, 1.54) is 63.0 Å². The summed E-state index contributed by atoms with van der Waals surface area (Å²) in [5.74, 6) is 0. The monoisotopic (exact) mass is 285 g/mol. The van der Waals surface area contributed by atoms with E-state index in [-0.39, 0.29) is 0 Å². The minimum absolute atomic E-state index is 0.792. The Hall–Kier alpha value is -0.900. The number of nitrogens with one attached hydrogen (secondary N) is 1. The zero-order valence-corrected chi connectivity index (χ0v) is 12.9. The Balaban J connectivity index is 1.39. The third-order valence-electron chi connectivity index (χ3n) is 5.34. The van der Waals surface area contributed by atoms with Gasteiger partial charge in [0.2, 0.25) is 0 Å². The van der Waals surface area contributed by atoms with Gasteiger partial charge < -0.3 is 5.32 Å². The predicted molar refractivity (Wildman–Crippen MR) is 86.2 cm³/mol. The first-order valence-corrected chi connectivity index (χ1v) is 8.65. The third-order valence-corrected chi connectivity index (χ3v) is 5.34. The van der Waals surface area contributed by atoms with Crippen LogP contribution in [0.1, 0.15) is 36.8 Å². The molecular weight excluding hydrogens is 258 g/mol. The van der Waals surface area contributed by atoms with Crippen molar-refractivity contribution in [3.8, 4) is 0 Å². The molecule has 21 heavy (non-hydrogen) atoms. The summed E-state index contributed by atoms with van der Waals surface area (Å²) < 4.78 is 0. The molecule has 0 radical (unpaired) electrons. The molecule has 0 amide bonds. The number of hydrogen-bond donors (Lipinski definition) is 1. The van der Waals surface area contributed by atoms with Gasteiger partial charge in [-0.1, -0.05) is 24.3 Å². The van der Waals surface area contributed by atoms with Crippen molar-refractivity contribution in [2.45, 2.75) is 50.9 Å². The fourth-order valence-corrected chi connectivity index (χ4v) is 3.87. The zero-order valence-electron chi connectivity index (χ0n) is 12.9. The second kappa shape index (κ2) is 6.07. The van der Waals surface area contributed by atoms with Crippen molar-refractivity contribution >= 4 is 0 Å². The second-order valence-electron chi connectivity index (χ2n) is 6.99. The molecule has 2 aliphatic heterocycles. The van der Waals surface area contributed by atoms with Crippen molar-refractivity contribution in [2.75, 3.05) is 26.2 Å². The van der Waals surface area contributed by atoms with Crippen LogP contribution in [0.25, 0.3) is 0 Å². The molecule has 0 aromatic heterocycles. The van der Waals surface area contributed by atoms with Crippen LogP contribution in [0.15, 0.2) is 24.3 Å². The van der Waals surface area contributed by atoms with Crippen molar-refractivity contribution in [1.82, 2.24) is 15.1 Å². The van der Waals surface area contributed by atoms with Crippen LogP contribution in [-0.2, 0) is 13.1 Å². The Bertz CT molecular complexity index is 483. The van der Waals surface area contributed by atoms with Crippen LogP contribution in [-0.4, -0.2) is 48.1 Å². The summed E-state index contributed by atoms with van der Waals surface area (Å²) >= 11 is 0. The minimum Gasteiger partial charge on any atom is -0.310 e. The molecule has 1 saturated carbocycles. The summed E-state index contributed by atoms with van der Waals surface area (Å²) in [6.07, 6.45) is 5.54. The van der Waals surface area contributed by atoms with Crippen LogP contribution in [0.5, 0.6) is 0 Å². The summed E-state index contributed by atoms with van der Waals surface area (Å²) in [6.45, 7) is 7.29. The molecule has 1 aromatic carbocycles. The van der Waals surface area contributed by atoms with Crippen LogP contribution < -0.4 is 5.32 Å². The lowest BCUT2D eigenvalue weighted by Crippen LogP contribution is -2.49. The molecule has 3 nitrogen and oxygen atoms in total. The number of piperazine rings is 1. The van der Waals surface area contributed by atoms with Gasteiger partial charge in [-0.3, -0.25) is 9.80 Å². The van der Waals surface area contributed by atoms with Gasteiger partial charge in [0.05, 0.1) is 0 Å². The molecule has 3 heteroatoms. The van der Waals surface area contributed by atoms with Gasteiger partial charge in [-0.25, -0.2) is 0 Å². The molecule has 0 spiro atoms. The van der Waals surface area contributed by atoms with Gasteiger partial charge in [0.25, 0.3) is 0 Å². The first kappa shape index (κ1) is 13.7. The Morgan fingerprint density at radius 1 is 1.00 bits per heavy atom. The number of benzene rings is 1. The molecule has 4 rings (SSSR count). The van der Waals surface area contributed by atoms with Gasteiger partial charge >= 0.3 is 0 Å². The molecule has 1 N–H and O–H groups in total. The average molecular weight is 285 g/mol. The summed E-state index contributed by atoms with van der Waals surface area (Å²) in [6, 6.07) is 10.6. The van der Waals surface area contributed by atoms with Crippen molar-refractivity contribution in [1.29, 1.82) is 0 Å². The van der Waals surface area contributed by atoms with E-state index in [2.05, 4.69) is 39.4 Å². The van der Waals surface area contributed by atoms with Crippen LogP contribution in [0, 0.1) is 0 Å². The summed E-state index contributed by atoms with van der Waals surface area (Å²) in [4.78, 5) is 5.36. The van der Waals surface area contributed by atoms with E-state index in [1.807, 2.05) is 0 Å². The van der Waals surface area contributed by atoms with Gasteiger partial charge in [0, 0.05) is 44.8 Å². The fraction of sp³-hybridized carbons (Fsp3) is 0.667. The van der Waals surface area contributed by atoms with Crippen molar-refractivity contribution in [3.05, 3.63) is 35.4 Å². The van der Waals surface area contributed by atoms with E-state index in [9.17, 15) is 0 Å². The highest BCUT2D eigenvalue weighted by molar-refractivity contribution is 5.27. The highest BCUT2D eigenvalue weighted by Crippen LogP contribution is 2.24. The highest BCUT2D eigenvalue weighted by atomic mass is 15.3. The highest BCUT2D eigenvalue weighted by Gasteiger charge is 2.30. The van der Waals surface area contributed by atoms with Gasteiger partial charge in [-0.05, 0) is 43.4 Å². The molecule has 114 valence electrons. The van der Waals surface area contributed by atoms with E-state index in [0.29, 0.717) is 0 Å². The van der Waals surface area contributed by atoms with Gasteiger partial charge in [-0.15, -0.1) is 0 Å². The minimum atomic E-state index is 0.792. The molecule has 2 heterocycles. The molecule has 3 fully saturated rings. The largest absolute Gasteiger partial charge is 0.310 e. The smallest absolute Gasteiger partial charge is 0.0238 e. The second-order valence-corrected chi connectivity index (χ2v) is 6.99. The number of fused-ring (bicyclic) bond motifs is 1. The van der Waals surface area contributed by atoms with Gasteiger partial charge in [0.15, 0.2) is 0 Å². The molecule has 1 aromatic rings. The topological polar surface area (TPSA) is 18.5 Å². The lowest BCUT2D eigenvalue weighted by Gasteiger charge is -2.37. The summed E-state index contributed by atoms with van der Waals surface area (Å²) in [5, 5.41) is 3.66. The van der Waals surface area contributed by atoms with Crippen molar-refractivity contribution < 1.29 is 0 Å². The Morgan fingerprint density at radius 3 is 2.71 bits per heavy atom.